The van der Waals surface area contributed by atoms with E-state index in [1.165, 1.54) is 48.1 Å². The molecule has 0 bridgehead atoms. The molecule has 120 valence electrons. The lowest BCUT2D eigenvalue weighted by Gasteiger charge is -2.16. The van der Waals surface area contributed by atoms with E-state index in [2.05, 4.69) is 37.9 Å². The first kappa shape index (κ1) is 16.8. The maximum Gasteiger partial charge on any atom is 0.185 e. The first-order valence-corrected chi connectivity index (χ1v) is 9.41. The summed E-state index contributed by atoms with van der Waals surface area (Å²) in [6.07, 6.45) is 4.81. The quantitative estimate of drug-likeness (QED) is 0.734. The van der Waals surface area contributed by atoms with Crippen LogP contribution in [-0.4, -0.2) is 24.6 Å². The molecule has 1 aromatic heterocycles. The van der Waals surface area contributed by atoms with Gasteiger partial charge in [-0.15, -0.1) is 11.3 Å². The van der Waals surface area contributed by atoms with Gasteiger partial charge in [-0.3, -0.25) is 0 Å². The van der Waals surface area contributed by atoms with Crippen LogP contribution >= 0.6 is 11.3 Å². The Kier molecular flexibility index (Phi) is 6.49. The van der Waals surface area contributed by atoms with Crippen LogP contribution in [0.15, 0.2) is 0 Å². The van der Waals surface area contributed by atoms with Crippen LogP contribution in [0, 0.1) is 11.8 Å². The molecule has 21 heavy (non-hydrogen) atoms. The molecule has 0 saturated carbocycles. The highest BCUT2D eigenvalue weighted by Crippen LogP contribution is 2.33. The van der Waals surface area contributed by atoms with Gasteiger partial charge in [-0.1, -0.05) is 34.1 Å². The van der Waals surface area contributed by atoms with Gasteiger partial charge >= 0.3 is 0 Å². The molecule has 0 amide bonds. The Morgan fingerprint density at radius 3 is 2.76 bits per heavy atom. The van der Waals surface area contributed by atoms with E-state index in [0.717, 1.165) is 31.3 Å². The van der Waals surface area contributed by atoms with Crippen LogP contribution in [0.2, 0.25) is 0 Å². The van der Waals surface area contributed by atoms with Crippen molar-refractivity contribution < 1.29 is 0 Å². The van der Waals surface area contributed by atoms with Crippen LogP contribution in [0.25, 0.3) is 0 Å². The molecule has 4 heteroatoms. The largest absolute Gasteiger partial charge is 0.348 e. The molecule has 0 aromatic carbocycles. The Morgan fingerprint density at radius 1 is 1.33 bits per heavy atom. The number of thiazole rings is 1. The highest BCUT2D eigenvalue weighted by Gasteiger charge is 2.27. The average molecular weight is 310 g/mol. The van der Waals surface area contributed by atoms with Gasteiger partial charge in [0.05, 0.1) is 5.69 Å². The lowest BCUT2D eigenvalue weighted by Crippen LogP contribution is -2.20. The second-order valence-electron chi connectivity index (χ2n) is 6.53. The summed E-state index contributed by atoms with van der Waals surface area (Å²) in [6.45, 7) is 13.6. The summed E-state index contributed by atoms with van der Waals surface area (Å²) in [5, 5.41) is 4.79. The van der Waals surface area contributed by atoms with Gasteiger partial charge in [0.25, 0.3) is 0 Å². The first-order valence-electron chi connectivity index (χ1n) is 8.59. The number of anilines is 1. The smallest absolute Gasteiger partial charge is 0.185 e. The molecular formula is C17H31N3S. The van der Waals surface area contributed by atoms with Crippen LogP contribution in [-0.2, 0) is 13.0 Å². The molecule has 3 nitrogen and oxygen atoms in total. The van der Waals surface area contributed by atoms with Gasteiger partial charge in [0.15, 0.2) is 5.13 Å². The molecule has 1 unspecified atom stereocenters. The van der Waals surface area contributed by atoms with Gasteiger partial charge in [-0.25, -0.2) is 4.98 Å². The average Bonchev–Trinajstić information content (AvgIpc) is 3.07. The predicted molar refractivity (Wildman–Crippen MR) is 93.3 cm³/mol. The molecule has 1 atom stereocenters. The topological polar surface area (TPSA) is 28.2 Å². The Balaban J connectivity index is 2.04. The molecular weight excluding hydrogens is 278 g/mol. The zero-order valence-corrected chi connectivity index (χ0v) is 14.9. The van der Waals surface area contributed by atoms with E-state index in [1.807, 2.05) is 11.3 Å². The fraction of sp³-hybridized carbons (Fsp3) is 0.824. The number of aromatic nitrogens is 1. The summed E-state index contributed by atoms with van der Waals surface area (Å²) in [4.78, 5) is 8.92. The minimum atomic E-state index is 0.788. The van der Waals surface area contributed by atoms with Crippen molar-refractivity contribution in [2.75, 3.05) is 24.5 Å². The highest BCUT2D eigenvalue weighted by molar-refractivity contribution is 7.15. The monoisotopic (exact) mass is 309 g/mol. The van der Waals surface area contributed by atoms with E-state index >= 15 is 0 Å². The molecule has 2 rings (SSSR count). The number of hydrogen-bond donors (Lipinski definition) is 1. The van der Waals surface area contributed by atoms with Crippen molar-refractivity contribution in [2.24, 2.45) is 11.8 Å². The lowest BCUT2D eigenvalue weighted by atomic mass is 9.95. The standard InChI is InChI=1S/C17H31N3S/c1-5-7-15-16(11-18-9-6-2)21-17(19-15)20-10-8-14(12-20)13(3)4/h13-14,18H,5-12H2,1-4H3. The number of aryl methyl sites for hydroxylation is 1. The molecule has 1 fully saturated rings. The van der Waals surface area contributed by atoms with Gasteiger partial charge in [-0.05, 0) is 37.6 Å². The fourth-order valence-corrected chi connectivity index (χ4v) is 4.07. The zero-order chi connectivity index (χ0) is 15.2. The summed E-state index contributed by atoms with van der Waals surface area (Å²) in [6, 6.07) is 0. The third kappa shape index (κ3) is 4.43. The number of hydrogen-bond acceptors (Lipinski definition) is 4. The summed E-state index contributed by atoms with van der Waals surface area (Å²) in [5.74, 6) is 1.63. The summed E-state index contributed by atoms with van der Waals surface area (Å²) < 4.78 is 0. The van der Waals surface area contributed by atoms with E-state index in [-0.39, 0.29) is 0 Å². The number of rotatable bonds is 8. The minimum Gasteiger partial charge on any atom is -0.348 e. The molecule has 0 radical (unpaired) electrons. The highest BCUT2D eigenvalue weighted by atomic mass is 32.1. The van der Waals surface area contributed by atoms with Gasteiger partial charge in [-0.2, -0.15) is 0 Å². The minimum absolute atomic E-state index is 0.788. The Labute approximate surface area is 134 Å². The molecule has 1 saturated heterocycles. The van der Waals surface area contributed by atoms with E-state index in [1.54, 1.807) is 0 Å². The van der Waals surface area contributed by atoms with Crippen molar-refractivity contribution in [3.8, 4) is 0 Å². The van der Waals surface area contributed by atoms with Crippen molar-refractivity contribution in [3.63, 3.8) is 0 Å². The van der Waals surface area contributed by atoms with Crippen LogP contribution in [0.1, 0.15) is 57.5 Å². The maximum atomic E-state index is 4.96. The zero-order valence-electron chi connectivity index (χ0n) is 14.1. The van der Waals surface area contributed by atoms with E-state index in [4.69, 9.17) is 4.98 Å². The van der Waals surface area contributed by atoms with E-state index in [0.29, 0.717) is 0 Å². The normalized spacial score (nSPS) is 18.9. The maximum absolute atomic E-state index is 4.96. The second-order valence-corrected chi connectivity index (χ2v) is 7.59. The van der Waals surface area contributed by atoms with E-state index in [9.17, 15) is 0 Å². The third-order valence-electron chi connectivity index (χ3n) is 4.40. The summed E-state index contributed by atoms with van der Waals surface area (Å²) in [5.41, 5.74) is 1.33. The van der Waals surface area contributed by atoms with Crippen LogP contribution in [0.4, 0.5) is 5.13 Å². The van der Waals surface area contributed by atoms with Crippen molar-refractivity contribution in [2.45, 2.75) is 59.9 Å². The van der Waals surface area contributed by atoms with Crippen molar-refractivity contribution in [3.05, 3.63) is 10.6 Å². The molecule has 1 N–H and O–H groups in total. The van der Waals surface area contributed by atoms with Crippen LogP contribution in [0.5, 0.6) is 0 Å². The molecule has 1 aromatic rings. The molecule has 0 aliphatic carbocycles. The predicted octanol–water partition coefficient (Wildman–Crippen LogP) is 4.08. The Bertz CT molecular complexity index is 428. The Hall–Kier alpha value is -0.610. The fourth-order valence-electron chi connectivity index (χ4n) is 2.96. The first-order chi connectivity index (χ1) is 10.2. The molecule has 1 aliphatic heterocycles. The lowest BCUT2D eigenvalue weighted by molar-refractivity contribution is 0.422. The number of nitrogens with zero attached hydrogens (tertiary/aromatic N) is 2. The molecule has 1 aliphatic rings. The van der Waals surface area contributed by atoms with Gasteiger partial charge < -0.3 is 10.2 Å². The van der Waals surface area contributed by atoms with Crippen molar-refractivity contribution in [1.29, 1.82) is 0 Å². The molecule has 2 heterocycles. The second kappa shape index (κ2) is 8.14. The number of nitrogens with one attached hydrogen (secondary N) is 1. The van der Waals surface area contributed by atoms with E-state index < -0.39 is 0 Å². The third-order valence-corrected chi connectivity index (χ3v) is 5.56. The van der Waals surface area contributed by atoms with Crippen LogP contribution < -0.4 is 10.2 Å². The van der Waals surface area contributed by atoms with Crippen LogP contribution in [0.3, 0.4) is 0 Å². The Morgan fingerprint density at radius 2 is 2.14 bits per heavy atom. The SMILES string of the molecule is CCCNCc1sc(N2CCC(C(C)C)C2)nc1CCC. The summed E-state index contributed by atoms with van der Waals surface area (Å²) >= 11 is 1.91. The van der Waals surface area contributed by atoms with Crippen molar-refractivity contribution >= 4 is 16.5 Å². The van der Waals surface area contributed by atoms with Gasteiger partial charge in [0.1, 0.15) is 0 Å². The van der Waals surface area contributed by atoms with Crippen molar-refractivity contribution in [1.82, 2.24) is 10.3 Å². The summed E-state index contributed by atoms with van der Waals surface area (Å²) in [7, 11) is 0. The van der Waals surface area contributed by atoms with Gasteiger partial charge in [0.2, 0.25) is 0 Å². The molecule has 0 spiro atoms. The van der Waals surface area contributed by atoms with Gasteiger partial charge in [0, 0.05) is 24.5 Å².